The minimum atomic E-state index is -0.0926. The van der Waals surface area contributed by atoms with Crippen molar-refractivity contribution >= 4 is 55.7 Å². The van der Waals surface area contributed by atoms with Crippen molar-refractivity contribution in [2.24, 2.45) is 0 Å². The van der Waals surface area contributed by atoms with E-state index in [4.69, 9.17) is 14.7 Å². The van der Waals surface area contributed by atoms with Crippen molar-refractivity contribution in [3.05, 3.63) is 63.3 Å². The molecule has 0 radical (unpaired) electrons. The predicted molar refractivity (Wildman–Crippen MR) is 129 cm³/mol. The second kappa shape index (κ2) is 8.58. The number of thiophene rings is 2. The molecule has 4 heterocycles. The molecule has 6 nitrogen and oxygen atoms in total. The van der Waals surface area contributed by atoms with E-state index in [1.807, 2.05) is 48.0 Å². The third kappa shape index (κ3) is 3.82. The Bertz CT molecular complexity index is 1400. The molecule has 0 saturated heterocycles. The van der Waals surface area contributed by atoms with Crippen molar-refractivity contribution in [2.75, 3.05) is 13.7 Å². The number of hydrogen-bond donors (Lipinski definition) is 1. The monoisotopic (exact) mass is 468 g/mol. The van der Waals surface area contributed by atoms with Gasteiger partial charge >= 0.3 is 0 Å². The Kier molecular flexibility index (Phi) is 5.66. The maximum absolute atomic E-state index is 13.0. The third-order valence-electron chi connectivity index (χ3n) is 5.05. The molecule has 1 unspecified atom stereocenters. The minimum absolute atomic E-state index is 0.0671. The number of methoxy groups -OCH3 is 1. The van der Waals surface area contributed by atoms with Gasteiger partial charge in [-0.25, -0.2) is 9.97 Å². The normalized spacial score (nSPS) is 12.7. The molecule has 1 N–H and O–H groups in total. The summed E-state index contributed by atoms with van der Waals surface area (Å²) >= 11 is 4.73. The fraction of sp³-hybridized carbons (Fsp3) is 0.227. The number of aromatic amines is 1. The van der Waals surface area contributed by atoms with Crippen LogP contribution in [0.5, 0.6) is 0 Å². The number of imidazole rings is 1. The topological polar surface area (TPSA) is 72.8 Å². The fourth-order valence-electron chi connectivity index (χ4n) is 3.53. The SMILES string of the molecule is COCCn1c(SC(C)c2nc3scc(-c4cccs4)c3c(=O)[nH]2)nc2ccccc21. The van der Waals surface area contributed by atoms with Crippen LogP contribution in [-0.4, -0.2) is 33.2 Å². The maximum Gasteiger partial charge on any atom is 0.260 e. The maximum atomic E-state index is 13.0. The van der Waals surface area contributed by atoms with Gasteiger partial charge in [0, 0.05) is 29.5 Å². The molecule has 0 aliphatic heterocycles. The summed E-state index contributed by atoms with van der Waals surface area (Å²) in [6, 6.07) is 12.1. The van der Waals surface area contributed by atoms with Gasteiger partial charge in [0.15, 0.2) is 5.16 Å². The lowest BCUT2D eigenvalue weighted by molar-refractivity contribution is 0.186. The number of hydrogen-bond acceptors (Lipinski definition) is 7. The van der Waals surface area contributed by atoms with Crippen LogP contribution in [0.3, 0.4) is 0 Å². The van der Waals surface area contributed by atoms with Gasteiger partial charge in [-0.1, -0.05) is 30.0 Å². The summed E-state index contributed by atoms with van der Waals surface area (Å²) in [4.78, 5) is 27.4. The van der Waals surface area contributed by atoms with E-state index in [1.54, 1.807) is 30.2 Å². The van der Waals surface area contributed by atoms with Gasteiger partial charge < -0.3 is 14.3 Å². The number of nitrogens with zero attached hydrogens (tertiary/aromatic N) is 3. The smallest absolute Gasteiger partial charge is 0.260 e. The highest BCUT2D eigenvalue weighted by molar-refractivity contribution is 7.99. The molecular weight excluding hydrogens is 448 g/mol. The first-order valence-electron chi connectivity index (χ1n) is 9.82. The largest absolute Gasteiger partial charge is 0.383 e. The zero-order chi connectivity index (χ0) is 21.4. The van der Waals surface area contributed by atoms with Crippen molar-refractivity contribution in [3.63, 3.8) is 0 Å². The van der Waals surface area contributed by atoms with E-state index in [2.05, 4.69) is 15.6 Å². The molecule has 1 aromatic carbocycles. The molecule has 158 valence electrons. The van der Waals surface area contributed by atoms with Crippen LogP contribution in [0.1, 0.15) is 18.0 Å². The lowest BCUT2D eigenvalue weighted by Gasteiger charge is -2.12. The summed E-state index contributed by atoms with van der Waals surface area (Å²) in [7, 11) is 1.70. The van der Waals surface area contributed by atoms with Gasteiger partial charge in [-0.15, -0.1) is 22.7 Å². The van der Waals surface area contributed by atoms with Crippen molar-refractivity contribution in [2.45, 2.75) is 23.9 Å². The van der Waals surface area contributed by atoms with E-state index in [1.165, 1.54) is 11.3 Å². The van der Waals surface area contributed by atoms with Gasteiger partial charge in [0.25, 0.3) is 5.56 Å². The standard InChI is InChI=1S/C22H20N4O2S3/c1-13(31-22-23-15-6-3-4-7-16(15)26(22)9-10-28-2)19-24-20(27)18-14(12-30-21(18)25-19)17-8-5-11-29-17/h3-8,11-13H,9-10H2,1-2H3,(H,24,25,27). The second-order valence-electron chi connectivity index (χ2n) is 7.05. The molecule has 31 heavy (non-hydrogen) atoms. The highest BCUT2D eigenvalue weighted by Gasteiger charge is 2.20. The number of benzene rings is 1. The summed E-state index contributed by atoms with van der Waals surface area (Å²) in [5.41, 5.74) is 2.89. The lowest BCUT2D eigenvalue weighted by atomic mass is 10.2. The molecule has 1 atom stereocenters. The average Bonchev–Trinajstić information content (AvgIpc) is 3.50. The zero-order valence-corrected chi connectivity index (χ0v) is 19.4. The molecule has 9 heteroatoms. The van der Waals surface area contributed by atoms with E-state index < -0.39 is 0 Å². The summed E-state index contributed by atoms with van der Waals surface area (Å²) in [5, 5.41) is 5.52. The Morgan fingerprint density at radius 1 is 1.19 bits per heavy atom. The van der Waals surface area contributed by atoms with E-state index in [9.17, 15) is 4.79 Å². The van der Waals surface area contributed by atoms with Crippen LogP contribution in [0.2, 0.25) is 0 Å². The molecule has 0 fully saturated rings. The number of ether oxygens (including phenoxy) is 1. The number of fused-ring (bicyclic) bond motifs is 2. The van der Waals surface area contributed by atoms with Crippen LogP contribution in [-0.2, 0) is 11.3 Å². The molecule has 4 aromatic heterocycles. The quantitative estimate of drug-likeness (QED) is 0.317. The Morgan fingerprint density at radius 2 is 2.06 bits per heavy atom. The van der Waals surface area contributed by atoms with Crippen LogP contribution in [0.4, 0.5) is 0 Å². The fourth-order valence-corrected chi connectivity index (χ4v) is 6.30. The first-order chi connectivity index (χ1) is 15.2. The molecular formula is C22H20N4O2S3. The second-order valence-corrected chi connectivity index (χ2v) is 10.2. The van der Waals surface area contributed by atoms with Gasteiger partial charge in [0.1, 0.15) is 10.7 Å². The average molecular weight is 469 g/mol. The number of thioether (sulfide) groups is 1. The van der Waals surface area contributed by atoms with Gasteiger partial charge in [0.05, 0.1) is 28.3 Å². The molecule has 0 bridgehead atoms. The number of aromatic nitrogens is 4. The molecule has 0 aliphatic carbocycles. The molecule has 0 spiro atoms. The van der Waals surface area contributed by atoms with E-state index >= 15 is 0 Å². The molecule has 0 amide bonds. The highest BCUT2D eigenvalue weighted by Crippen LogP contribution is 2.37. The van der Waals surface area contributed by atoms with Crippen LogP contribution in [0, 0.1) is 0 Å². The summed E-state index contributed by atoms with van der Waals surface area (Å²) in [6.45, 7) is 3.36. The highest BCUT2D eigenvalue weighted by atomic mass is 32.2. The van der Waals surface area contributed by atoms with Crippen LogP contribution in [0.15, 0.2) is 57.1 Å². The molecule has 0 saturated carbocycles. The van der Waals surface area contributed by atoms with Crippen molar-refractivity contribution in [3.8, 4) is 10.4 Å². The number of rotatable bonds is 7. The Morgan fingerprint density at radius 3 is 2.87 bits per heavy atom. The van der Waals surface area contributed by atoms with Crippen molar-refractivity contribution < 1.29 is 4.74 Å². The Hall–Kier alpha value is -2.46. The van der Waals surface area contributed by atoms with Crippen molar-refractivity contribution in [1.29, 1.82) is 0 Å². The minimum Gasteiger partial charge on any atom is -0.383 e. The molecule has 5 aromatic rings. The van der Waals surface area contributed by atoms with E-state index in [0.29, 0.717) is 24.4 Å². The summed E-state index contributed by atoms with van der Waals surface area (Å²) < 4.78 is 7.45. The Labute approximate surface area is 190 Å². The van der Waals surface area contributed by atoms with Gasteiger partial charge in [-0.3, -0.25) is 4.79 Å². The van der Waals surface area contributed by atoms with Crippen LogP contribution in [0.25, 0.3) is 31.7 Å². The number of nitrogens with one attached hydrogen (secondary N) is 1. The number of H-pyrrole nitrogens is 1. The van der Waals surface area contributed by atoms with Crippen molar-refractivity contribution in [1.82, 2.24) is 19.5 Å². The molecule has 5 rings (SSSR count). The van der Waals surface area contributed by atoms with Gasteiger partial charge in [-0.05, 0) is 30.5 Å². The van der Waals surface area contributed by atoms with Gasteiger partial charge in [-0.2, -0.15) is 0 Å². The molecule has 0 aliphatic rings. The van der Waals surface area contributed by atoms with E-state index in [0.717, 1.165) is 31.5 Å². The lowest BCUT2D eigenvalue weighted by Crippen LogP contribution is -2.13. The number of para-hydroxylation sites is 2. The van der Waals surface area contributed by atoms with Gasteiger partial charge in [0.2, 0.25) is 0 Å². The van der Waals surface area contributed by atoms with Crippen LogP contribution < -0.4 is 5.56 Å². The van der Waals surface area contributed by atoms with Crippen LogP contribution >= 0.6 is 34.4 Å². The first kappa shape index (κ1) is 20.4. The predicted octanol–water partition coefficient (Wildman–Crippen LogP) is 5.56. The summed E-state index contributed by atoms with van der Waals surface area (Å²) in [6.07, 6.45) is 0. The Balaban J connectivity index is 1.50. The first-order valence-corrected chi connectivity index (χ1v) is 12.5. The third-order valence-corrected chi connectivity index (χ3v) is 7.93. The van der Waals surface area contributed by atoms with E-state index in [-0.39, 0.29) is 10.8 Å². The summed E-state index contributed by atoms with van der Waals surface area (Å²) in [5.74, 6) is 0.660. The zero-order valence-electron chi connectivity index (χ0n) is 17.0.